The van der Waals surface area contributed by atoms with Crippen molar-refractivity contribution in [1.82, 2.24) is 4.98 Å². The number of aromatic nitrogens is 1. The van der Waals surface area contributed by atoms with E-state index in [0.29, 0.717) is 13.1 Å². The van der Waals surface area contributed by atoms with Crippen LogP contribution in [-0.4, -0.2) is 50.7 Å². The largest absolute Gasteiger partial charge is 0.368 e. The number of hydrogen-bond acceptors (Lipinski definition) is 6. The van der Waals surface area contributed by atoms with Crippen LogP contribution in [0.5, 0.6) is 0 Å². The molecule has 1 fully saturated rings. The van der Waals surface area contributed by atoms with Gasteiger partial charge in [-0.1, -0.05) is 0 Å². The van der Waals surface area contributed by atoms with Gasteiger partial charge in [0.25, 0.3) is 0 Å². The van der Waals surface area contributed by atoms with Crippen LogP contribution in [0.3, 0.4) is 0 Å². The standard InChI is InChI=1S/C14H22N2O4S2/c1-11-10-16(7-8-21(11,17)18)12-5-6-13(15-9-12)22(19,20)14(2,3)4/h5-6,9,11H,7-8,10H2,1-4H3. The Hall–Kier alpha value is -1.15. The molecule has 1 aliphatic heterocycles. The molecule has 1 unspecified atom stereocenters. The summed E-state index contributed by atoms with van der Waals surface area (Å²) in [5, 5.41) is -0.388. The number of hydrogen-bond donors (Lipinski definition) is 0. The third-order valence-electron chi connectivity index (χ3n) is 3.90. The molecule has 1 aliphatic rings. The molecule has 0 radical (unpaired) electrons. The molecule has 0 aromatic carbocycles. The van der Waals surface area contributed by atoms with Crippen molar-refractivity contribution >= 4 is 25.4 Å². The van der Waals surface area contributed by atoms with Crippen LogP contribution in [0, 0.1) is 0 Å². The molecular weight excluding hydrogens is 324 g/mol. The summed E-state index contributed by atoms with van der Waals surface area (Å²) in [6.07, 6.45) is 1.50. The highest BCUT2D eigenvalue weighted by atomic mass is 32.2. The number of pyridine rings is 1. The van der Waals surface area contributed by atoms with Gasteiger partial charge in [-0.05, 0) is 39.8 Å². The van der Waals surface area contributed by atoms with Crippen molar-refractivity contribution < 1.29 is 16.8 Å². The lowest BCUT2D eigenvalue weighted by atomic mass is 10.3. The van der Waals surface area contributed by atoms with E-state index in [1.54, 1.807) is 33.8 Å². The Labute approximate surface area is 132 Å². The monoisotopic (exact) mass is 346 g/mol. The fourth-order valence-corrected chi connectivity index (χ4v) is 4.57. The molecule has 0 amide bonds. The zero-order valence-corrected chi connectivity index (χ0v) is 14.9. The van der Waals surface area contributed by atoms with Crippen molar-refractivity contribution in [2.24, 2.45) is 0 Å². The summed E-state index contributed by atoms with van der Waals surface area (Å²) in [7, 11) is -6.49. The van der Waals surface area contributed by atoms with Crippen LogP contribution in [0.2, 0.25) is 0 Å². The second-order valence-corrected chi connectivity index (χ2v) is 11.8. The Morgan fingerprint density at radius 2 is 1.91 bits per heavy atom. The number of sulfone groups is 2. The van der Waals surface area contributed by atoms with Gasteiger partial charge in [0.1, 0.15) is 0 Å². The lowest BCUT2D eigenvalue weighted by molar-refractivity contribution is 0.556. The Morgan fingerprint density at radius 3 is 2.36 bits per heavy atom. The molecule has 1 aromatic heterocycles. The van der Waals surface area contributed by atoms with E-state index in [9.17, 15) is 16.8 Å². The zero-order chi connectivity index (χ0) is 16.8. The summed E-state index contributed by atoms with van der Waals surface area (Å²) in [6.45, 7) is 7.39. The highest BCUT2D eigenvalue weighted by Crippen LogP contribution is 2.25. The predicted octanol–water partition coefficient (Wildman–Crippen LogP) is 1.28. The van der Waals surface area contributed by atoms with Crippen LogP contribution in [0.4, 0.5) is 5.69 Å². The maximum atomic E-state index is 12.3. The van der Waals surface area contributed by atoms with E-state index in [4.69, 9.17) is 0 Å². The van der Waals surface area contributed by atoms with Crippen molar-refractivity contribution in [3.8, 4) is 0 Å². The van der Waals surface area contributed by atoms with Crippen LogP contribution in [-0.2, 0) is 19.7 Å². The third-order valence-corrected chi connectivity index (χ3v) is 8.43. The van der Waals surface area contributed by atoms with Crippen LogP contribution >= 0.6 is 0 Å². The molecule has 2 heterocycles. The maximum absolute atomic E-state index is 12.3. The highest BCUT2D eigenvalue weighted by Gasteiger charge is 2.33. The summed E-state index contributed by atoms with van der Waals surface area (Å²) in [6, 6.07) is 3.18. The zero-order valence-electron chi connectivity index (χ0n) is 13.3. The van der Waals surface area contributed by atoms with Crippen molar-refractivity contribution in [1.29, 1.82) is 0 Å². The topological polar surface area (TPSA) is 84.4 Å². The van der Waals surface area contributed by atoms with Crippen molar-refractivity contribution in [3.63, 3.8) is 0 Å². The van der Waals surface area contributed by atoms with Crippen LogP contribution < -0.4 is 4.90 Å². The average Bonchev–Trinajstić information content (AvgIpc) is 2.41. The first kappa shape index (κ1) is 17.2. The van der Waals surface area contributed by atoms with Crippen LogP contribution in [0.25, 0.3) is 0 Å². The van der Waals surface area contributed by atoms with E-state index in [2.05, 4.69) is 4.98 Å². The third kappa shape index (κ3) is 3.12. The summed E-state index contributed by atoms with van der Waals surface area (Å²) < 4.78 is 47.2. The first-order valence-corrected chi connectivity index (χ1v) is 10.3. The number of rotatable bonds is 2. The van der Waals surface area contributed by atoms with Gasteiger partial charge >= 0.3 is 0 Å². The number of anilines is 1. The molecule has 0 saturated carbocycles. The Balaban J connectivity index is 2.24. The van der Waals surface area contributed by atoms with E-state index >= 15 is 0 Å². The van der Waals surface area contributed by atoms with Gasteiger partial charge in [-0.3, -0.25) is 0 Å². The lowest BCUT2D eigenvalue weighted by Gasteiger charge is -2.32. The molecule has 6 nitrogen and oxygen atoms in total. The van der Waals surface area contributed by atoms with E-state index in [1.807, 2.05) is 4.90 Å². The first-order valence-electron chi connectivity index (χ1n) is 7.12. The van der Waals surface area contributed by atoms with Gasteiger partial charge in [0, 0.05) is 13.1 Å². The van der Waals surface area contributed by atoms with Gasteiger partial charge < -0.3 is 4.90 Å². The predicted molar refractivity (Wildman–Crippen MR) is 86.6 cm³/mol. The van der Waals surface area contributed by atoms with Crippen LogP contribution in [0.1, 0.15) is 27.7 Å². The minimum Gasteiger partial charge on any atom is -0.368 e. The van der Waals surface area contributed by atoms with Gasteiger partial charge in [-0.2, -0.15) is 0 Å². The molecule has 2 rings (SSSR count). The van der Waals surface area contributed by atoms with Crippen molar-refractivity contribution in [2.75, 3.05) is 23.7 Å². The fourth-order valence-electron chi connectivity index (χ4n) is 2.22. The summed E-state index contributed by atoms with van der Waals surface area (Å²) >= 11 is 0. The molecule has 0 aliphatic carbocycles. The summed E-state index contributed by atoms with van der Waals surface area (Å²) in [4.78, 5) is 6.00. The van der Waals surface area contributed by atoms with Gasteiger partial charge in [-0.25, -0.2) is 21.8 Å². The minimum absolute atomic E-state index is 0.0430. The van der Waals surface area contributed by atoms with Gasteiger partial charge in [0.2, 0.25) is 0 Å². The number of nitrogens with zero attached hydrogens (tertiary/aromatic N) is 2. The molecule has 1 aromatic rings. The summed E-state index contributed by atoms with van der Waals surface area (Å²) in [5.41, 5.74) is 0.745. The van der Waals surface area contributed by atoms with Crippen molar-refractivity contribution in [3.05, 3.63) is 18.3 Å². The molecule has 0 N–H and O–H groups in total. The molecule has 124 valence electrons. The van der Waals surface area contributed by atoms with Gasteiger partial charge in [0.05, 0.1) is 27.6 Å². The molecule has 0 spiro atoms. The molecule has 22 heavy (non-hydrogen) atoms. The Morgan fingerprint density at radius 1 is 1.27 bits per heavy atom. The minimum atomic E-state index is -3.48. The SMILES string of the molecule is CC1CN(c2ccc(S(=O)(=O)C(C)(C)C)nc2)CCS1(=O)=O. The fraction of sp³-hybridized carbons (Fsp3) is 0.643. The molecule has 1 saturated heterocycles. The summed E-state index contributed by atoms with van der Waals surface area (Å²) in [5.74, 6) is 0.107. The normalized spacial score (nSPS) is 22.5. The Kier molecular flexibility index (Phi) is 4.29. The molecule has 8 heteroatoms. The second-order valence-electron chi connectivity index (χ2n) is 6.59. The van der Waals surface area contributed by atoms with E-state index in [1.165, 1.54) is 12.3 Å². The molecule has 0 bridgehead atoms. The van der Waals surface area contributed by atoms with E-state index < -0.39 is 29.7 Å². The molecule has 1 atom stereocenters. The quantitative estimate of drug-likeness (QED) is 0.802. The highest BCUT2D eigenvalue weighted by molar-refractivity contribution is 7.92. The Bertz CT molecular complexity index is 747. The van der Waals surface area contributed by atoms with E-state index in [-0.39, 0.29) is 10.8 Å². The van der Waals surface area contributed by atoms with Gasteiger partial charge in [0.15, 0.2) is 24.7 Å². The van der Waals surface area contributed by atoms with Crippen molar-refractivity contribution in [2.45, 2.75) is 42.7 Å². The molecular formula is C14H22N2O4S2. The lowest BCUT2D eigenvalue weighted by Crippen LogP contribution is -2.45. The maximum Gasteiger partial charge on any atom is 0.200 e. The average molecular weight is 346 g/mol. The van der Waals surface area contributed by atoms with E-state index in [0.717, 1.165) is 5.69 Å². The van der Waals surface area contributed by atoms with Gasteiger partial charge in [-0.15, -0.1) is 0 Å². The second kappa shape index (κ2) is 5.49. The smallest absolute Gasteiger partial charge is 0.200 e. The first-order chi connectivity index (χ1) is 9.95. The van der Waals surface area contributed by atoms with Crippen LogP contribution in [0.15, 0.2) is 23.4 Å².